The SMILES string of the molecule is CCN(C)C(=O)Nc1ccc(F)c(-c2cn3cc(NC(=O)OC(C)C)cnc3n2)c1. The van der Waals surface area contributed by atoms with Crippen molar-refractivity contribution in [2.45, 2.75) is 26.9 Å². The molecule has 0 saturated heterocycles. The van der Waals surface area contributed by atoms with Crippen molar-refractivity contribution in [3.63, 3.8) is 0 Å². The zero-order chi connectivity index (χ0) is 21.8. The van der Waals surface area contributed by atoms with Gasteiger partial charge >= 0.3 is 12.1 Å². The number of fused-ring (bicyclic) bond motifs is 1. The molecule has 0 aliphatic heterocycles. The molecule has 2 aromatic heterocycles. The van der Waals surface area contributed by atoms with Crippen molar-refractivity contribution in [1.82, 2.24) is 19.3 Å². The highest BCUT2D eigenvalue weighted by atomic mass is 19.1. The molecular weight excluding hydrogens is 391 g/mol. The second-order valence-corrected chi connectivity index (χ2v) is 6.89. The summed E-state index contributed by atoms with van der Waals surface area (Å²) in [5.74, 6) is -0.161. The molecule has 0 saturated carbocycles. The molecule has 10 heteroatoms. The van der Waals surface area contributed by atoms with Gasteiger partial charge < -0.3 is 15.0 Å². The largest absolute Gasteiger partial charge is 0.447 e. The Labute approximate surface area is 172 Å². The Morgan fingerprint density at radius 2 is 2.00 bits per heavy atom. The van der Waals surface area contributed by atoms with Crippen molar-refractivity contribution in [3.8, 4) is 11.3 Å². The summed E-state index contributed by atoms with van der Waals surface area (Å²) < 4.78 is 21.1. The maximum absolute atomic E-state index is 14.5. The molecule has 9 nitrogen and oxygen atoms in total. The molecule has 0 radical (unpaired) electrons. The Hall–Kier alpha value is -3.69. The number of rotatable bonds is 5. The molecule has 0 aliphatic carbocycles. The molecule has 3 amide bonds. The van der Waals surface area contributed by atoms with E-state index in [4.69, 9.17) is 4.74 Å². The second-order valence-electron chi connectivity index (χ2n) is 6.89. The van der Waals surface area contributed by atoms with Crippen LogP contribution in [0.25, 0.3) is 17.0 Å². The Kier molecular flexibility index (Phi) is 6.14. The van der Waals surface area contributed by atoms with Crippen molar-refractivity contribution in [1.29, 1.82) is 0 Å². The first-order valence-corrected chi connectivity index (χ1v) is 9.41. The van der Waals surface area contributed by atoms with Gasteiger partial charge in [-0.1, -0.05) is 0 Å². The number of hydrogen-bond donors (Lipinski definition) is 2. The number of imidazole rings is 1. The number of carbonyl (C=O) groups is 2. The number of hydrogen-bond acceptors (Lipinski definition) is 5. The maximum Gasteiger partial charge on any atom is 0.411 e. The third-order valence-electron chi connectivity index (χ3n) is 4.21. The summed E-state index contributed by atoms with van der Waals surface area (Å²) >= 11 is 0. The zero-order valence-electron chi connectivity index (χ0n) is 17.1. The highest BCUT2D eigenvalue weighted by Crippen LogP contribution is 2.26. The van der Waals surface area contributed by atoms with Crippen LogP contribution in [0.3, 0.4) is 0 Å². The number of halogens is 1. The van der Waals surface area contributed by atoms with Gasteiger partial charge in [-0.2, -0.15) is 0 Å². The van der Waals surface area contributed by atoms with Crippen molar-refractivity contribution in [2.24, 2.45) is 0 Å². The predicted molar refractivity (Wildman–Crippen MR) is 111 cm³/mol. The van der Waals surface area contributed by atoms with E-state index in [1.54, 1.807) is 37.7 Å². The average molecular weight is 414 g/mol. The lowest BCUT2D eigenvalue weighted by Gasteiger charge is -2.15. The Morgan fingerprint density at radius 3 is 2.70 bits per heavy atom. The fourth-order valence-corrected chi connectivity index (χ4v) is 2.60. The highest BCUT2D eigenvalue weighted by Gasteiger charge is 2.14. The third-order valence-corrected chi connectivity index (χ3v) is 4.21. The van der Waals surface area contributed by atoms with Gasteiger partial charge in [-0.3, -0.25) is 9.72 Å². The minimum Gasteiger partial charge on any atom is -0.447 e. The van der Waals surface area contributed by atoms with E-state index in [-0.39, 0.29) is 17.7 Å². The first-order chi connectivity index (χ1) is 14.3. The first-order valence-electron chi connectivity index (χ1n) is 9.41. The molecule has 3 aromatic rings. The lowest BCUT2D eigenvalue weighted by Crippen LogP contribution is -2.30. The van der Waals surface area contributed by atoms with E-state index in [1.807, 2.05) is 6.92 Å². The summed E-state index contributed by atoms with van der Waals surface area (Å²) in [5.41, 5.74) is 1.40. The van der Waals surface area contributed by atoms with E-state index in [0.29, 0.717) is 29.4 Å². The van der Waals surface area contributed by atoms with E-state index < -0.39 is 11.9 Å². The van der Waals surface area contributed by atoms with Crippen LogP contribution < -0.4 is 10.6 Å². The maximum atomic E-state index is 14.5. The molecule has 0 spiro atoms. The molecule has 158 valence electrons. The minimum atomic E-state index is -0.599. The highest BCUT2D eigenvalue weighted by molar-refractivity contribution is 5.90. The van der Waals surface area contributed by atoms with Gasteiger partial charge in [0.05, 0.1) is 23.7 Å². The van der Waals surface area contributed by atoms with Crippen LogP contribution in [0.5, 0.6) is 0 Å². The quantitative estimate of drug-likeness (QED) is 0.658. The summed E-state index contributed by atoms with van der Waals surface area (Å²) in [7, 11) is 1.66. The molecule has 0 atom stereocenters. The molecule has 30 heavy (non-hydrogen) atoms. The molecule has 2 heterocycles. The summed E-state index contributed by atoms with van der Waals surface area (Å²) in [6, 6.07) is 3.97. The van der Waals surface area contributed by atoms with Gasteiger partial charge in [0, 0.05) is 37.2 Å². The number of benzene rings is 1. The number of nitrogens with one attached hydrogen (secondary N) is 2. The lowest BCUT2D eigenvalue weighted by atomic mass is 10.1. The van der Waals surface area contributed by atoms with Gasteiger partial charge in [0.2, 0.25) is 5.78 Å². The number of anilines is 2. The Morgan fingerprint density at radius 1 is 1.23 bits per heavy atom. The van der Waals surface area contributed by atoms with Crippen LogP contribution in [0.4, 0.5) is 25.4 Å². The zero-order valence-corrected chi connectivity index (χ0v) is 17.1. The fourth-order valence-electron chi connectivity index (χ4n) is 2.60. The average Bonchev–Trinajstić information content (AvgIpc) is 3.11. The molecule has 2 N–H and O–H groups in total. The minimum absolute atomic E-state index is 0.214. The smallest absolute Gasteiger partial charge is 0.411 e. The summed E-state index contributed by atoms with van der Waals surface area (Å²) in [4.78, 5) is 33.8. The normalized spacial score (nSPS) is 10.9. The van der Waals surface area contributed by atoms with E-state index in [9.17, 15) is 14.0 Å². The predicted octanol–water partition coefficient (Wildman–Crippen LogP) is 3.98. The molecule has 1 aromatic carbocycles. The van der Waals surface area contributed by atoms with Crippen molar-refractivity contribution in [2.75, 3.05) is 24.2 Å². The molecule has 3 rings (SSSR count). The molecule has 0 fully saturated rings. The molecular formula is C20H23FN6O3. The standard InChI is InChI=1S/C20H23FN6O3/c1-5-26(4)19(28)23-13-6-7-16(21)15(8-13)17-11-27-10-14(9-22-18(27)25-17)24-20(29)30-12(2)3/h6-12H,5H2,1-4H3,(H,23,28)(H,24,29). The number of urea groups is 1. The van der Waals surface area contributed by atoms with Gasteiger partial charge in [0.1, 0.15) is 5.82 Å². The van der Waals surface area contributed by atoms with Crippen LogP contribution in [-0.2, 0) is 4.74 Å². The van der Waals surface area contributed by atoms with Crippen LogP contribution in [0, 0.1) is 5.82 Å². The van der Waals surface area contributed by atoms with Gasteiger partial charge in [-0.05, 0) is 39.0 Å². The van der Waals surface area contributed by atoms with E-state index in [0.717, 1.165) is 0 Å². The fraction of sp³-hybridized carbons (Fsp3) is 0.300. The van der Waals surface area contributed by atoms with Crippen LogP contribution in [0.15, 0.2) is 36.8 Å². The first kappa shape index (κ1) is 21.0. The third kappa shape index (κ3) is 4.83. The number of amides is 3. The number of carbonyl (C=O) groups excluding carboxylic acids is 2. The Bertz CT molecular complexity index is 1080. The van der Waals surface area contributed by atoms with E-state index >= 15 is 0 Å². The Balaban J connectivity index is 1.86. The van der Waals surface area contributed by atoms with Gasteiger partial charge in [-0.25, -0.2) is 23.9 Å². The summed E-state index contributed by atoms with van der Waals surface area (Å²) in [6.07, 6.45) is 3.76. The van der Waals surface area contributed by atoms with Crippen LogP contribution in [0.1, 0.15) is 20.8 Å². The summed E-state index contributed by atoms with van der Waals surface area (Å²) in [6.45, 7) is 5.88. The molecule has 0 aliphatic rings. The van der Waals surface area contributed by atoms with Gasteiger partial charge in [0.25, 0.3) is 0 Å². The van der Waals surface area contributed by atoms with Crippen molar-refractivity contribution < 1.29 is 18.7 Å². The van der Waals surface area contributed by atoms with E-state index in [1.165, 1.54) is 29.3 Å². The lowest BCUT2D eigenvalue weighted by molar-refractivity contribution is 0.130. The van der Waals surface area contributed by atoms with Crippen LogP contribution >= 0.6 is 0 Å². The van der Waals surface area contributed by atoms with Crippen molar-refractivity contribution >= 4 is 29.3 Å². The molecule has 0 unspecified atom stereocenters. The van der Waals surface area contributed by atoms with Crippen molar-refractivity contribution in [3.05, 3.63) is 42.6 Å². The van der Waals surface area contributed by atoms with Gasteiger partial charge in [0.15, 0.2) is 0 Å². The van der Waals surface area contributed by atoms with Crippen LogP contribution in [0.2, 0.25) is 0 Å². The summed E-state index contributed by atoms with van der Waals surface area (Å²) in [5, 5.41) is 5.29. The van der Waals surface area contributed by atoms with Gasteiger partial charge in [-0.15, -0.1) is 0 Å². The van der Waals surface area contributed by atoms with Crippen LogP contribution in [-0.4, -0.2) is 51.1 Å². The molecule has 0 bridgehead atoms. The topological polar surface area (TPSA) is 101 Å². The second kappa shape index (κ2) is 8.76. The van der Waals surface area contributed by atoms with E-state index in [2.05, 4.69) is 20.6 Å². The number of ether oxygens (including phenoxy) is 1. The monoisotopic (exact) mass is 414 g/mol. The number of nitrogens with zero attached hydrogens (tertiary/aromatic N) is 4. The number of aromatic nitrogens is 3.